The lowest BCUT2D eigenvalue weighted by Gasteiger charge is -2.32. The minimum absolute atomic E-state index is 0.192. The first-order valence-electron chi connectivity index (χ1n) is 7.45. The molecule has 4 heteroatoms. The van der Waals surface area contributed by atoms with Crippen molar-refractivity contribution in [2.45, 2.75) is 45.7 Å². The van der Waals surface area contributed by atoms with Crippen LogP contribution in [0.15, 0.2) is 29.8 Å². The molecule has 2 atom stereocenters. The third-order valence-corrected chi connectivity index (χ3v) is 5.50. The molecule has 1 aliphatic carbocycles. The number of aromatic nitrogens is 1. The van der Waals surface area contributed by atoms with E-state index in [0.717, 1.165) is 17.9 Å². The minimum atomic E-state index is 0.192. The Bertz CT molecular complexity index is 622. The van der Waals surface area contributed by atoms with Gasteiger partial charge in [0.1, 0.15) is 5.01 Å². The second kappa shape index (κ2) is 5.71. The van der Waals surface area contributed by atoms with Crippen LogP contribution in [0.4, 0.5) is 0 Å². The van der Waals surface area contributed by atoms with Crippen molar-refractivity contribution in [3.05, 3.63) is 50.9 Å². The summed E-state index contributed by atoms with van der Waals surface area (Å²) in [5, 5.41) is 7.87. The van der Waals surface area contributed by atoms with Crippen molar-refractivity contribution in [1.29, 1.82) is 0 Å². The quantitative estimate of drug-likeness (QED) is 0.841. The zero-order valence-electron chi connectivity index (χ0n) is 12.7. The number of rotatable bonds is 4. The van der Waals surface area contributed by atoms with Crippen LogP contribution in [-0.2, 0) is 6.42 Å². The highest BCUT2D eigenvalue weighted by molar-refractivity contribution is 7.09. The second-order valence-electron chi connectivity index (χ2n) is 6.44. The van der Waals surface area contributed by atoms with Crippen molar-refractivity contribution in [2.24, 2.45) is 5.41 Å². The van der Waals surface area contributed by atoms with Gasteiger partial charge in [-0.2, -0.15) is 0 Å². The minimum Gasteiger partial charge on any atom is -0.300 e. The van der Waals surface area contributed by atoms with Crippen LogP contribution >= 0.6 is 22.9 Å². The summed E-state index contributed by atoms with van der Waals surface area (Å²) in [6.45, 7) is 6.86. The van der Waals surface area contributed by atoms with Gasteiger partial charge in [0.15, 0.2) is 0 Å². The van der Waals surface area contributed by atoms with Crippen LogP contribution in [0, 0.1) is 5.41 Å². The molecule has 1 aromatic heterocycles. The first kappa shape index (κ1) is 15.0. The van der Waals surface area contributed by atoms with Gasteiger partial charge in [0.05, 0.1) is 6.04 Å². The van der Waals surface area contributed by atoms with Gasteiger partial charge in [0.25, 0.3) is 0 Å². The van der Waals surface area contributed by atoms with Crippen molar-refractivity contribution in [3.63, 3.8) is 0 Å². The molecule has 0 radical (unpaired) electrons. The molecule has 2 aromatic rings. The molecule has 0 aliphatic heterocycles. The van der Waals surface area contributed by atoms with E-state index in [1.165, 1.54) is 16.1 Å². The molecular formula is C17H21ClN2S. The van der Waals surface area contributed by atoms with Crippen molar-refractivity contribution in [3.8, 4) is 0 Å². The van der Waals surface area contributed by atoms with Gasteiger partial charge in [-0.1, -0.05) is 38.4 Å². The average Bonchev–Trinajstić information content (AvgIpc) is 3.02. The number of benzene rings is 1. The fourth-order valence-electron chi connectivity index (χ4n) is 3.30. The predicted octanol–water partition coefficient (Wildman–Crippen LogP) is 5.16. The van der Waals surface area contributed by atoms with Crippen LogP contribution in [0.5, 0.6) is 0 Å². The molecule has 2 nitrogen and oxygen atoms in total. The highest BCUT2D eigenvalue weighted by Crippen LogP contribution is 2.47. The van der Waals surface area contributed by atoms with Crippen LogP contribution in [0.3, 0.4) is 0 Å². The monoisotopic (exact) mass is 320 g/mol. The Labute approximate surface area is 135 Å². The maximum absolute atomic E-state index is 6.21. The van der Waals surface area contributed by atoms with E-state index < -0.39 is 0 Å². The normalized spacial score (nSPS) is 21.2. The lowest BCUT2D eigenvalue weighted by Crippen LogP contribution is -2.33. The largest absolute Gasteiger partial charge is 0.300 e. The molecule has 0 saturated heterocycles. The summed E-state index contributed by atoms with van der Waals surface area (Å²) in [4.78, 5) is 4.48. The van der Waals surface area contributed by atoms with Gasteiger partial charge in [0.2, 0.25) is 0 Å². The molecule has 2 unspecified atom stereocenters. The van der Waals surface area contributed by atoms with Gasteiger partial charge < -0.3 is 5.32 Å². The topological polar surface area (TPSA) is 24.9 Å². The molecular weight excluding hydrogens is 300 g/mol. The van der Waals surface area contributed by atoms with Crippen LogP contribution in [0.25, 0.3) is 0 Å². The summed E-state index contributed by atoms with van der Waals surface area (Å²) < 4.78 is 0. The number of hydrogen-bond donors (Lipinski definition) is 1. The van der Waals surface area contributed by atoms with Gasteiger partial charge in [0, 0.05) is 22.6 Å². The molecule has 3 rings (SSSR count). The van der Waals surface area contributed by atoms with E-state index in [1.54, 1.807) is 11.3 Å². The van der Waals surface area contributed by atoms with Crippen LogP contribution in [0.2, 0.25) is 5.02 Å². The number of hydrogen-bond acceptors (Lipinski definition) is 3. The van der Waals surface area contributed by atoms with Crippen molar-refractivity contribution < 1.29 is 0 Å². The molecule has 0 saturated carbocycles. The Hall–Kier alpha value is -0.900. The molecule has 1 aromatic carbocycles. The molecule has 0 spiro atoms. The van der Waals surface area contributed by atoms with Gasteiger partial charge in [-0.15, -0.1) is 11.3 Å². The number of halogens is 1. The maximum Gasteiger partial charge on any atom is 0.109 e. The van der Waals surface area contributed by atoms with Gasteiger partial charge >= 0.3 is 0 Å². The molecule has 112 valence electrons. The Balaban J connectivity index is 1.92. The fraction of sp³-hybridized carbons (Fsp3) is 0.471. The Morgan fingerprint density at radius 1 is 1.48 bits per heavy atom. The van der Waals surface area contributed by atoms with E-state index >= 15 is 0 Å². The van der Waals surface area contributed by atoms with Gasteiger partial charge in [-0.3, -0.25) is 0 Å². The van der Waals surface area contributed by atoms with Crippen molar-refractivity contribution in [2.75, 3.05) is 0 Å². The standard InChI is InChI=1S/C17H21ClN2S/c1-4-14(16-19-7-8-21-16)20-15-13-9-12(18)6-5-11(13)10-17(15,2)3/h5-9,14-15,20H,4,10H2,1-3H3. The first-order chi connectivity index (χ1) is 10.0. The lowest BCUT2D eigenvalue weighted by molar-refractivity contribution is 0.245. The van der Waals surface area contributed by atoms with Crippen LogP contribution in [-0.4, -0.2) is 4.98 Å². The molecule has 1 N–H and O–H groups in total. The highest BCUT2D eigenvalue weighted by atomic mass is 35.5. The molecule has 1 aliphatic rings. The zero-order valence-corrected chi connectivity index (χ0v) is 14.3. The molecule has 0 bridgehead atoms. The SMILES string of the molecule is CCC(NC1c2cc(Cl)ccc2CC1(C)C)c1nccs1. The number of thiazole rings is 1. The summed E-state index contributed by atoms with van der Waals surface area (Å²) >= 11 is 7.94. The van der Waals surface area contributed by atoms with Crippen molar-refractivity contribution >= 4 is 22.9 Å². The fourth-order valence-corrected chi connectivity index (χ4v) is 4.26. The van der Waals surface area contributed by atoms with E-state index in [4.69, 9.17) is 11.6 Å². The average molecular weight is 321 g/mol. The van der Waals surface area contributed by atoms with Gasteiger partial charge in [-0.05, 0) is 41.5 Å². The summed E-state index contributed by atoms with van der Waals surface area (Å²) in [6.07, 6.45) is 4.01. The number of nitrogens with zero attached hydrogens (tertiary/aromatic N) is 1. The molecule has 1 heterocycles. The third-order valence-electron chi connectivity index (χ3n) is 4.37. The first-order valence-corrected chi connectivity index (χ1v) is 8.71. The van der Waals surface area contributed by atoms with E-state index in [2.05, 4.69) is 43.2 Å². The summed E-state index contributed by atoms with van der Waals surface area (Å²) in [5.74, 6) is 0. The lowest BCUT2D eigenvalue weighted by atomic mass is 9.85. The maximum atomic E-state index is 6.21. The Morgan fingerprint density at radius 2 is 2.29 bits per heavy atom. The summed E-state index contributed by atoms with van der Waals surface area (Å²) in [7, 11) is 0. The predicted molar refractivity (Wildman–Crippen MR) is 90.0 cm³/mol. The summed E-state index contributed by atoms with van der Waals surface area (Å²) in [6, 6.07) is 6.92. The van der Waals surface area contributed by atoms with Crippen LogP contribution in [0.1, 0.15) is 55.4 Å². The zero-order chi connectivity index (χ0) is 15.0. The van der Waals surface area contributed by atoms with Gasteiger partial charge in [-0.25, -0.2) is 4.98 Å². The van der Waals surface area contributed by atoms with E-state index in [0.29, 0.717) is 12.1 Å². The molecule has 21 heavy (non-hydrogen) atoms. The van der Waals surface area contributed by atoms with E-state index in [-0.39, 0.29) is 5.41 Å². The van der Waals surface area contributed by atoms with E-state index in [9.17, 15) is 0 Å². The van der Waals surface area contributed by atoms with E-state index in [1.807, 2.05) is 17.6 Å². The second-order valence-corrected chi connectivity index (χ2v) is 7.80. The smallest absolute Gasteiger partial charge is 0.109 e. The molecule has 0 amide bonds. The summed E-state index contributed by atoms with van der Waals surface area (Å²) in [5.41, 5.74) is 2.95. The number of fused-ring (bicyclic) bond motifs is 1. The van der Waals surface area contributed by atoms with Crippen molar-refractivity contribution in [1.82, 2.24) is 10.3 Å². The Kier molecular flexibility index (Phi) is 4.08. The Morgan fingerprint density at radius 3 is 2.95 bits per heavy atom. The third kappa shape index (κ3) is 2.87. The highest BCUT2D eigenvalue weighted by Gasteiger charge is 2.40. The number of nitrogens with one attached hydrogen (secondary N) is 1. The van der Waals surface area contributed by atoms with Crippen LogP contribution < -0.4 is 5.32 Å². The molecule has 0 fully saturated rings.